The van der Waals surface area contributed by atoms with Crippen molar-refractivity contribution in [1.82, 2.24) is 4.31 Å². The van der Waals surface area contributed by atoms with Gasteiger partial charge in [-0.25, -0.2) is 8.42 Å². The van der Waals surface area contributed by atoms with Crippen LogP contribution in [0.25, 0.3) is 0 Å². The van der Waals surface area contributed by atoms with Crippen molar-refractivity contribution in [1.29, 1.82) is 0 Å². The molecule has 2 atom stereocenters. The number of hydrogen-bond donors (Lipinski definition) is 0. The number of halogens is 1. The summed E-state index contributed by atoms with van der Waals surface area (Å²) < 4.78 is 26.6. The van der Waals surface area contributed by atoms with Crippen LogP contribution < -0.4 is 0 Å². The van der Waals surface area contributed by atoms with E-state index in [0.717, 1.165) is 12.0 Å². The number of hydrogen-bond acceptors (Lipinski definition) is 2. The van der Waals surface area contributed by atoms with Crippen LogP contribution in [-0.2, 0) is 15.9 Å². The summed E-state index contributed by atoms with van der Waals surface area (Å²) in [5.74, 6) is 0.819. The van der Waals surface area contributed by atoms with Crippen molar-refractivity contribution in [2.24, 2.45) is 5.92 Å². The van der Waals surface area contributed by atoms with Gasteiger partial charge in [-0.15, -0.1) is 11.6 Å². The van der Waals surface area contributed by atoms with Crippen molar-refractivity contribution in [3.8, 4) is 0 Å². The Hall–Kier alpha value is -0.580. The van der Waals surface area contributed by atoms with Crippen molar-refractivity contribution < 1.29 is 8.42 Å². The van der Waals surface area contributed by atoms with Crippen molar-refractivity contribution in [3.05, 3.63) is 29.8 Å². The van der Waals surface area contributed by atoms with Gasteiger partial charge in [0.05, 0.1) is 4.90 Å². The van der Waals surface area contributed by atoms with Gasteiger partial charge in [-0.05, 0) is 37.0 Å². The Labute approximate surface area is 114 Å². The summed E-state index contributed by atoms with van der Waals surface area (Å²) in [6, 6.07) is 6.89. The van der Waals surface area contributed by atoms with Crippen LogP contribution in [0.4, 0.5) is 0 Å². The molecule has 2 rings (SSSR count). The number of benzene rings is 1. The molecule has 0 amide bonds. The molecule has 1 aliphatic rings. The minimum atomic E-state index is -3.36. The standard InChI is InChI=1S/C13H18ClNO2S/c1-10-7-8-15(11(10)2)18(16,17)13-5-3-12(9-14)4-6-13/h3-6,10-11H,7-9H2,1-2H3. The van der Waals surface area contributed by atoms with Crippen LogP contribution >= 0.6 is 11.6 Å². The number of sulfonamides is 1. The van der Waals surface area contributed by atoms with Crippen LogP contribution in [0.3, 0.4) is 0 Å². The van der Waals surface area contributed by atoms with Crippen LogP contribution in [-0.4, -0.2) is 25.3 Å². The highest BCUT2D eigenvalue weighted by Gasteiger charge is 2.36. The molecular formula is C13H18ClNO2S. The Morgan fingerprint density at radius 3 is 2.33 bits per heavy atom. The zero-order valence-corrected chi connectivity index (χ0v) is 12.2. The molecule has 2 unspecified atom stereocenters. The van der Waals surface area contributed by atoms with Gasteiger partial charge < -0.3 is 0 Å². The fourth-order valence-electron chi connectivity index (χ4n) is 2.28. The Balaban J connectivity index is 2.30. The molecule has 0 spiro atoms. The molecule has 0 aliphatic carbocycles. The third-order valence-corrected chi connectivity index (χ3v) is 6.08. The van der Waals surface area contributed by atoms with E-state index >= 15 is 0 Å². The molecule has 0 N–H and O–H groups in total. The lowest BCUT2D eigenvalue weighted by Gasteiger charge is -2.22. The van der Waals surface area contributed by atoms with E-state index in [4.69, 9.17) is 11.6 Å². The maximum atomic E-state index is 12.5. The molecule has 18 heavy (non-hydrogen) atoms. The Morgan fingerprint density at radius 1 is 1.28 bits per heavy atom. The largest absolute Gasteiger partial charge is 0.243 e. The summed E-state index contributed by atoms with van der Waals surface area (Å²) in [5.41, 5.74) is 0.929. The molecule has 1 fully saturated rings. The van der Waals surface area contributed by atoms with E-state index in [-0.39, 0.29) is 6.04 Å². The number of nitrogens with zero attached hydrogens (tertiary/aromatic N) is 1. The van der Waals surface area contributed by atoms with Crippen LogP contribution in [0.2, 0.25) is 0 Å². The van der Waals surface area contributed by atoms with Crippen molar-refractivity contribution in [2.75, 3.05) is 6.54 Å². The second-order valence-electron chi connectivity index (χ2n) is 4.90. The van der Waals surface area contributed by atoms with Gasteiger partial charge in [-0.1, -0.05) is 19.1 Å². The average molecular weight is 288 g/mol. The summed E-state index contributed by atoms with van der Waals surface area (Å²) in [6.45, 7) is 4.68. The highest BCUT2D eigenvalue weighted by atomic mass is 35.5. The average Bonchev–Trinajstić information content (AvgIpc) is 2.70. The van der Waals surface area contributed by atoms with Gasteiger partial charge in [0.2, 0.25) is 10.0 Å². The highest BCUT2D eigenvalue weighted by molar-refractivity contribution is 7.89. The SMILES string of the molecule is CC1CCN(S(=O)(=O)c2ccc(CCl)cc2)C1C. The molecular weight excluding hydrogens is 270 g/mol. The van der Waals surface area contributed by atoms with E-state index < -0.39 is 10.0 Å². The summed E-state index contributed by atoms with van der Waals surface area (Å²) in [6.07, 6.45) is 0.931. The molecule has 0 aromatic heterocycles. The van der Waals surface area contributed by atoms with Crippen LogP contribution in [0, 0.1) is 5.92 Å². The summed E-state index contributed by atoms with van der Waals surface area (Å²) >= 11 is 5.70. The lowest BCUT2D eigenvalue weighted by molar-refractivity contribution is 0.371. The first kappa shape index (κ1) is 13.8. The molecule has 0 bridgehead atoms. The first-order valence-electron chi connectivity index (χ1n) is 6.13. The molecule has 1 heterocycles. The quantitative estimate of drug-likeness (QED) is 0.802. The summed E-state index contributed by atoms with van der Waals surface area (Å²) in [4.78, 5) is 0.359. The topological polar surface area (TPSA) is 37.4 Å². The molecule has 0 radical (unpaired) electrons. The van der Waals surface area contributed by atoms with Gasteiger partial charge >= 0.3 is 0 Å². The first-order valence-corrected chi connectivity index (χ1v) is 8.11. The van der Waals surface area contributed by atoms with Gasteiger partial charge in [0.1, 0.15) is 0 Å². The first-order chi connectivity index (χ1) is 8.46. The number of rotatable bonds is 3. The van der Waals surface area contributed by atoms with Gasteiger partial charge in [0, 0.05) is 18.5 Å². The van der Waals surface area contributed by atoms with Gasteiger partial charge in [0.25, 0.3) is 0 Å². The maximum Gasteiger partial charge on any atom is 0.243 e. The molecule has 3 nitrogen and oxygen atoms in total. The second-order valence-corrected chi connectivity index (χ2v) is 7.06. The molecule has 1 aromatic carbocycles. The van der Waals surface area contributed by atoms with E-state index in [1.807, 2.05) is 6.92 Å². The smallest absolute Gasteiger partial charge is 0.207 e. The van der Waals surface area contributed by atoms with E-state index in [2.05, 4.69) is 6.92 Å². The third-order valence-electron chi connectivity index (χ3n) is 3.77. The normalized spacial score (nSPS) is 25.5. The molecule has 5 heteroatoms. The highest BCUT2D eigenvalue weighted by Crippen LogP contribution is 2.29. The van der Waals surface area contributed by atoms with Crippen LogP contribution in [0.1, 0.15) is 25.8 Å². The van der Waals surface area contributed by atoms with E-state index in [1.54, 1.807) is 28.6 Å². The molecule has 1 aromatic rings. The molecule has 1 saturated heterocycles. The van der Waals surface area contributed by atoms with Crippen molar-refractivity contribution in [2.45, 2.75) is 37.1 Å². The predicted octanol–water partition coefficient (Wildman–Crippen LogP) is 2.84. The summed E-state index contributed by atoms with van der Waals surface area (Å²) in [7, 11) is -3.36. The van der Waals surface area contributed by atoms with Crippen LogP contribution in [0.15, 0.2) is 29.2 Å². The van der Waals surface area contributed by atoms with Gasteiger partial charge in [-0.3, -0.25) is 0 Å². The fraction of sp³-hybridized carbons (Fsp3) is 0.538. The molecule has 0 saturated carbocycles. The van der Waals surface area contributed by atoms with Crippen molar-refractivity contribution >= 4 is 21.6 Å². The van der Waals surface area contributed by atoms with Crippen LogP contribution in [0.5, 0.6) is 0 Å². The lowest BCUT2D eigenvalue weighted by atomic mass is 10.1. The Bertz CT molecular complexity index is 512. The Kier molecular flexibility index (Phi) is 3.99. The van der Waals surface area contributed by atoms with E-state index in [1.165, 1.54) is 0 Å². The second kappa shape index (κ2) is 5.19. The Morgan fingerprint density at radius 2 is 1.89 bits per heavy atom. The molecule has 1 aliphatic heterocycles. The zero-order valence-electron chi connectivity index (χ0n) is 10.6. The predicted molar refractivity (Wildman–Crippen MR) is 73.1 cm³/mol. The van der Waals surface area contributed by atoms with E-state index in [9.17, 15) is 8.42 Å². The fourth-order valence-corrected chi connectivity index (χ4v) is 4.20. The number of alkyl halides is 1. The maximum absolute atomic E-state index is 12.5. The zero-order chi connectivity index (χ0) is 13.3. The monoisotopic (exact) mass is 287 g/mol. The molecule has 100 valence electrons. The van der Waals surface area contributed by atoms with Crippen molar-refractivity contribution in [3.63, 3.8) is 0 Å². The lowest BCUT2D eigenvalue weighted by Crippen LogP contribution is -2.35. The van der Waals surface area contributed by atoms with E-state index in [0.29, 0.717) is 23.2 Å². The minimum Gasteiger partial charge on any atom is -0.207 e. The third kappa shape index (κ3) is 2.42. The van der Waals surface area contributed by atoms with Gasteiger partial charge in [0.15, 0.2) is 0 Å². The van der Waals surface area contributed by atoms with Gasteiger partial charge in [-0.2, -0.15) is 4.31 Å². The minimum absolute atomic E-state index is 0.0719. The summed E-state index contributed by atoms with van der Waals surface area (Å²) in [5, 5.41) is 0.